The van der Waals surface area contributed by atoms with Crippen molar-refractivity contribution in [3.05, 3.63) is 22.9 Å². The number of hydrogen-bond donors (Lipinski definition) is 2. The average Bonchev–Trinajstić information content (AvgIpc) is 3.10. The lowest BCUT2D eigenvalue weighted by Gasteiger charge is -2.15. The molecule has 92 valence electrons. The molecule has 3 heteroatoms. The maximum absolute atomic E-state index is 4.66. The summed E-state index contributed by atoms with van der Waals surface area (Å²) >= 11 is 0. The fourth-order valence-corrected chi connectivity index (χ4v) is 2.16. The van der Waals surface area contributed by atoms with Gasteiger partial charge in [-0.3, -0.25) is 0 Å². The molecular formula is C14H21N3. The monoisotopic (exact) mass is 231 g/mol. The van der Waals surface area contributed by atoms with Crippen molar-refractivity contribution in [1.29, 1.82) is 0 Å². The zero-order valence-corrected chi connectivity index (χ0v) is 10.7. The van der Waals surface area contributed by atoms with Gasteiger partial charge in [0.15, 0.2) is 0 Å². The predicted molar refractivity (Wildman–Crippen MR) is 70.2 cm³/mol. The van der Waals surface area contributed by atoms with E-state index in [1.807, 2.05) is 0 Å². The van der Waals surface area contributed by atoms with Crippen LogP contribution in [0.3, 0.4) is 0 Å². The van der Waals surface area contributed by atoms with Gasteiger partial charge in [0.25, 0.3) is 0 Å². The van der Waals surface area contributed by atoms with E-state index < -0.39 is 0 Å². The summed E-state index contributed by atoms with van der Waals surface area (Å²) in [5.41, 5.74) is 3.82. The fourth-order valence-electron chi connectivity index (χ4n) is 2.16. The standard InChI is InChI=1S/C14H21N3/c1-9-7-10(2)16-14(17-12-5-6-12)13(9)8-15-11-3-4-11/h7,11-12,15H,3-6,8H2,1-2H3,(H,16,17). The second-order valence-electron chi connectivity index (χ2n) is 5.48. The van der Waals surface area contributed by atoms with Crippen molar-refractivity contribution >= 4 is 5.82 Å². The first-order valence-corrected chi connectivity index (χ1v) is 6.69. The van der Waals surface area contributed by atoms with Gasteiger partial charge < -0.3 is 10.6 Å². The first-order chi connectivity index (χ1) is 8.22. The summed E-state index contributed by atoms with van der Waals surface area (Å²) in [5.74, 6) is 1.11. The number of nitrogens with zero attached hydrogens (tertiary/aromatic N) is 1. The fraction of sp³-hybridized carbons (Fsp3) is 0.643. The Morgan fingerprint density at radius 3 is 2.53 bits per heavy atom. The molecule has 0 radical (unpaired) electrons. The highest BCUT2D eigenvalue weighted by atomic mass is 15.1. The number of pyridine rings is 1. The molecule has 0 spiro atoms. The zero-order valence-electron chi connectivity index (χ0n) is 10.7. The Bertz CT molecular complexity index is 420. The summed E-state index contributed by atoms with van der Waals surface area (Å²) in [7, 11) is 0. The largest absolute Gasteiger partial charge is 0.367 e. The molecule has 2 saturated carbocycles. The lowest BCUT2D eigenvalue weighted by atomic mass is 10.1. The maximum Gasteiger partial charge on any atom is 0.131 e. The minimum Gasteiger partial charge on any atom is -0.367 e. The number of hydrogen-bond acceptors (Lipinski definition) is 3. The van der Waals surface area contributed by atoms with Crippen LogP contribution in [0.5, 0.6) is 0 Å². The Labute approximate surface area is 103 Å². The third kappa shape index (κ3) is 2.78. The van der Waals surface area contributed by atoms with Crippen LogP contribution in [-0.4, -0.2) is 17.1 Å². The van der Waals surface area contributed by atoms with Crippen molar-refractivity contribution < 1.29 is 0 Å². The van der Waals surface area contributed by atoms with Crippen LogP contribution in [0.1, 0.15) is 42.5 Å². The smallest absolute Gasteiger partial charge is 0.131 e. The molecule has 3 nitrogen and oxygen atoms in total. The zero-order chi connectivity index (χ0) is 11.8. The number of rotatable bonds is 5. The van der Waals surface area contributed by atoms with Gasteiger partial charge in [-0.2, -0.15) is 0 Å². The molecule has 0 aliphatic heterocycles. The Kier molecular flexibility index (Phi) is 2.79. The van der Waals surface area contributed by atoms with Gasteiger partial charge in [0, 0.05) is 29.9 Å². The van der Waals surface area contributed by atoms with Crippen LogP contribution in [0, 0.1) is 13.8 Å². The van der Waals surface area contributed by atoms with Crippen LogP contribution >= 0.6 is 0 Å². The summed E-state index contributed by atoms with van der Waals surface area (Å²) in [6.45, 7) is 5.22. The first-order valence-electron chi connectivity index (χ1n) is 6.69. The number of nitrogens with one attached hydrogen (secondary N) is 2. The third-order valence-corrected chi connectivity index (χ3v) is 3.54. The average molecular weight is 231 g/mol. The number of anilines is 1. The minimum atomic E-state index is 0.670. The van der Waals surface area contributed by atoms with Gasteiger partial charge in [0.1, 0.15) is 5.82 Å². The van der Waals surface area contributed by atoms with Crippen LogP contribution in [-0.2, 0) is 6.54 Å². The number of aryl methyl sites for hydroxylation is 2. The summed E-state index contributed by atoms with van der Waals surface area (Å²) in [5, 5.41) is 7.15. The van der Waals surface area contributed by atoms with E-state index in [0.29, 0.717) is 6.04 Å². The molecule has 2 N–H and O–H groups in total. The molecule has 0 bridgehead atoms. The molecule has 1 aromatic heterocycles. The van der Waals surface area contributed by atoms with E-state index in [4.69, 9.17) is 0 Å². The molecule has 2 aliphatic carbocycles. The van der Waals surface area contributed by atoms with Gasteiger partial charge >= 0.3 is 0 Å². The topological polar surface area (TPSA) is 37.0 Å². The van der Waals surface area contributed by atoms with Crippen molar-refractivity contribution in [2.24, 2.45) is 0 Å². The van der Waals surface area contributed by atoms with E-state index in [-0.39, 0.29) is 0 Å². The van der Waals surface area contributed by atoms with Gasteiger partial charge in [0.05, 0.1) is 0 Å². The predicted octanol–water partition coefficient (Wildman–Crippen LogP) is 2.52. The van der Waals surface area contributed by atoms with Crippen molar-refractivity contribution in [1.82, 2.24) is 10.3 Å². The van der Waals surface area contributed by atoms with Crippen LogP contribution in [0.2, 0.25) is 0 Å². The molecule has 0 amide bonds. The molecule has 2 aliphatic rings. The normalized spacial score (nSPS) is 19.4. The Hall–Kier alpha value is -1.09. The van der Waals surface area contributed by atoms with Gasteiger partial charge in [0.2, 0.25) is 0 Å². The van der Waals surface area contributed by atoms with E-state index in [1.54, 1.807) is 0 Å². The molecule has 0 aromatic carbocycles. The van der Waals surface area contributed by atoms with E-state index in [2.05, 4.69) is 35.5 Å². The lowest BCUT2D eigenvalue weighted by Crippen LogP contribution is -2.19. The Balaban J connectivity index is 1.79. The molecule has 0 unspecified atom stereocenters. The highest BCUT2D eigenvalue weighted by molar-refractivity contribution is 5.50. The van der Waals surface area contributed by atoms with Gasteiger partial charge in [-0.15, -0.1) is 0 Å². The highest BCUT2D eigenvalue weighted by Gasteiger charge is 2.24. The van der Waals surface area contributed by atoms with Crippen LogP contribution < -0.4 is 10.6 Å². The van der Waals surface area contributed by atoms with Crippen molar-refractivity contribution in [2.45, 2.75) is 58.2 Å². The van der Waals surface area contributed by atoms with Crippen molar-refractivity contribution in [2.75, 3.05) is 5.32 Å². The van der Waals surface area contributed by atoms with Gasteiger partial charge in [-0.1, -0.05) is 0 Å². The summed E-state index contributed by atoms with van der Waals surface area (Å²) in [6.07, 6.45) is 5.27. The molecule has 17 heavy (non-hydrogen) atoms. The van der Waals surface area contributed by atoms with E-state index in [1.165, 1.54) is 36.8 Å². The molecular weight excluding hydrogens is 210 g/mol. The summed E-state index contributed by atoms with van der Waals surface area (Å²) in [6, 6.07) is 3.61. The highest BCUT2D eigenvalue weighted by Crippen LogP contribution is 2.28. The van der Waals surface area contributed by atoms with Crippen LogP contribution in [0.4, 0.5) is 5.82 Å². The first kappa shape index (κ1) is 11.0. The summed E-state index contributed by atoms with van der Waals surface area (Å²) in [4.78, 5) is 4.66. The van der Waals surface area contributed by atoms with E-state index in [0.717, 1.165) is 24.1 Å². The Morgan fingerprint density at radius 1 is 1.18 bits per heavy atom. The van der Waals surface area contributed by atoms with Gasteiger partial charge in [-0.25, -0.2) is 4.98 Å². The molecule has 0 atom stereocenters. The summed E-state index contributed by atoms with van der Waals surface area (Å²) < 4.78 is 0. The van der Waals surface area contributed by atoms with Crippen LogP contribution in [0.15, 0.2) is 6.07 Å². The molecule has 3 rings (SSSR count). The molecule has 1 heterocycles. The van der Waals surface area contributed by atoms with E-state index in [9.17, 15) is 0 Å². The molecule has 0 saturated heterocycles. The third-order valence-electron chi connectivity index (χ3n) is 3.54. The van der Waals surface area contributed by atoms with Gasteiger partial charge in [-0.05, 0) is 51.2 Å². The van der Waals surface area contributed by atoms with Crippen molar-refractivity contribution in [3.63, 3.8) is 0 Å². The second kappa shape index (κ2) is 4.30. The second-order valence-corrected chi connectivity index (χ2v) is 5.48. The van der Waals surface area contributed by atoms with Crippen molar-refractivity contribution in [3.8, 4) is 0 Å². The molecule has 2 fully saturated rings. The SMILES string of the molecule is Cc1cc(C)c(CNC2CC2)c(NC2CC2)n1. The maximum atomic E-state index is 4.66. The lowest BCUT2D eigenvalue weighted by molar-refractivity contribution is 0.683. The minimum absolute atomic E-state index is 0.670. The molecule has 1 aromatic rings. The number of aromatic nitrogens is 1. The Morgan fingerprint density at radius 2 is 1.88 bits per heavy atom. The van der Waals surface area contributed by atoms with E-state index >= 15 is 0 Å². The quantitative estimate of drug-likeness (QED) is 0.817. The van der Waals surface area contributed by atoms with Crippen LogP contribution in [0.25, 0.3) is 0 Å².